The summed E-state index contributed by atoms with van der Waals surface area (Å²) in [6.07, 6.45) is 2.40. The van der Waals surface area contributed by atoms with Crippen LogP contribution in [0.5, 0.6) is 0 Å². The molecule has 100 valence electrons. The summed E-state index contributed by atoms with van der Waals surface area (Å²) in [6.45, 7) is 1.91. The Morgan fingerprint density at radius 2 is 2.05 bits per heavy atom. The van der Waals surface area contributed by atoms with Crippen LogP contribution in [-0.4, -0.2) is 11.5 Å². The highest BCUT2D eigenvalue weighted by Crippen LogP contribution is 2.35. The summed E-state index contributed by atoms with van der Waals surface area (Å²) in [7, 11) is 0. The lowest BCUT2D eigenvalue weighted by atomic mass is 9.85. The van der Waals surface area contributed by atoms with Gasteiger partial charge in [-0.3, -0.25) is 9.79 Å². The second-order valence-corrected chi connectivity index (χ2v) is 5.20. The molecule has 0 bridgehead atoms. The number of nitrogens with zero attached hydrogens (tertiary/aromatic N) is 1. The lowest BCUT2D eigenvalue weighted by Crippen LogP contribution is -2.25. The van der Waals surface area contributed by atoms with Crippen LogP contribution >= 0.6 is 11.6 Å². The maximum Gasteiger partial charge on any atom is 0.174 e. The van der Waals surface area contributed by atoms with Crippen molar-refractivity contribution in [2.24, 2.45) is 10.9 Å². The minimum atomic E-state index is -0.205. The molecule has 0 fully saturated rings. The standard InChI is InChI=1S/C17H14ClNO/c1-11-13(7-4-10-18)17(20)16-14-6-3-2-5-12(14)8-9-15(16)19-11/h2-6,8-10,13H,7H2,1H3/b10-4+. The van der Waals surface area contributed by atoms with E-state index in [0.717, 1.165) is 27.7 Å². The Morgan fingerprint density at radius 3 is 2.85 bits per heavy atom. The van der Waals surface area contributed by atoms with Crippen molar-refractivity contribution in [3.8, 4) is 0 Å². The van der Waals surface area contributed by atoms with Crippen molar-refractivity contribution in [3.05, 3.63) is 53.6 Å². The van der Waals surface area contributed by atoms with Gasteiger partial charge in [0.1, 0.15) is 0 Å². The zero-order chi connectivity index (χ0) is 14.1. The van der Waals surface area contributed by atoms with Gasteiger partial charge in [-0.25, -0.2) is 0 Å². The van der Waals surface area contributed by atoms with Crippen molar-refractivity contribution < 1.29 is 4.79 Å². The fraction of sp³-hybridized carbons (Fsp3) is 0.176. The molecule has 1 atom stereocenters. The van der Waals surface area contributed by atoms with E-state index in [2.05, 4.69) is 4.99 Å². The maximum atomic E-state index is 12.8. The Kier molecular flexibility index (Phi) is 3.41. The summed E-state index contributed by atoms with van der Waals surface area (Å²) in [5, 5.41) is 2.05. The van der Waals surface area contributed by atoms with Crippen molar-refractivity contribution in [1.82, 2.24) is 0 Å². The van der Waals surface area contributed by atoms with E-state index in [9.17, 15) is 4.79 Å². The molecule has 1 unspecified atom stereocenters. The number of hydrogen-bond donors (Lipinski definition) is 0. The normalized spacial score (nSPS) is 18.4. The highest BCUT2D eigenvalue weighted by Gasteiger charge is 2.29. The third-order valence-corrected chi connectivity index (χ3v) is 3.91. The summed E-state index contributed by atoms with van der Waals surface area (Å²) in [5.41, 5.74) is 3.82. The molecule has 1 aliphatic heterocycles. The maximum absolute atomic E-state index is 12.8. The molecule has 1 heterocycles. The highest BCUT2D eigenvalue weighted by molar-refractivity contribution is 6.25. The molecule has 0 aliphatic carbocycles. The van der Waals surface area contributed by atoms with Gasteiger partial charge in [-0.2, -0.15) is 0 Å². The van der Waals surface area contributed by atoms with Gasteiger partial charge in [0.15, 0.2) is 5.78 Å². The lowest BCUT2D eigenvalue weighted by molar-refractivity contribution is 0.0955. The van der Waals surface area contributed by atoms with Crippen LogP contribution in [0.15, 0.2) is 53.0 Å². The first-order valence-corrected chi connectivity index (χ1v) is 7.02. The van der Waals surface area contributed by atoms with Crippen LogP contribution in [0, 0.1) is 5.92 Å². The minimum absolute atomic E-state index is 0.138. The number of carbonyl (C=O) groups is 1. The molecule has 3 heteroatoms. The van der Waals surface area contributed by atoms with Crippen molar-refractivity contribution in [2.75, 3.05) is 0 Å². The van der Waals surface area contributed by atoms with Gasteiger partial charge in [-0.05, 0) is 30.2 Å². The van der Waals surface area contributed by atoms with Gasteiger partial charge in [-0.15, -0.1) is 0 Å². The van der Waals surface area contributed by atoms with Gasteiger partial charge in [0.2, 0.25) is 0 Å². The van der Waals surface area contributed by atoms with Crippen LogP contribution in [0.1, 0.15) is 23.7 Å². The average molecular weight is 284 g/mol. The Balaban J connectivity index is 2.20. The van der Waals surface area contributed by atoms with Gasteiger partial charge in [-0.1, -0.05) is 48.0 Å². The molecule has 2 aromatic rings. The molecule has 0 N–H and O–H groups in total. The monoisotopic (exact) mass is 283 g/mol. The quantitative estimate of drug-likeness (QED) is 0.772. The van der Waals surface area contributed by atoms with Gasteiger partial charge < -0.3 is 0 Å². The second kappa shape index (κ2) is 5.22. The molecule has 0 saturated carbocycles. The molecule has 0 radical (unpaired) electrons. The predicted octanol–water partition coefficient (Wildman–Crippen LogP) is 4.89. The third kappa shape index (κ3) is 2.06. The number of benzene rings is 2. The number of carbonyl (C=O) groups excluding carboxylic acids is 1. The van der Waals surface area contributed by atoms with Crippen LogP contribution in [0.3, 0.4) is 0 Å². The molecule has 0 aromatic heterocycles. The largest absolute Gasteiger partial charge is 0.293 e. The Labute approximate surface area is 122 Å². The SMILES string of the molecule is CC1=Nc2ccc3ccccc3c2C(=O)C1C/C=C/Cl. The molecule has 1 aliphatic rings. The van der Waals surface area contributed by atoms with E-state index >= 15 is 0 Å². The highest BCUT2D eigenvalue weighted by atomic mass is 35.5. The number of ketones is 1. The molecular formula is C17H14ClNO. The fourth-order valence-electron chi connectivity index (χ4n) is 2.71. The Bertz CT molecular complexity index is 746. The van der Waals surface area contributed by atoms with Crippen molar-refractivity contribution in [1.29, 1.82) is 0 Å². The topological polar surface area (TPSA) is 29.4 Å². The van der Waals surface area contributed by atoms with E-state index in [1.807, 2.05) is 43.3 Å². The zero-order valence-corrected chi connectivity index (χ0v) is 11.9. The van der Waals surface area contributed by atoms with Crippen LogP contribution in [0.25, 0.3) is 10.8 Å². The molecule has 20 heavy (non-hydrogen) atoms. The lowest BCUT2D eigenvalue weighted by Gasteiger charge is -2.22. The number of aliphatic imine (C=N–C) groups is 1. The van der Waals surface area contributed by atoms with E-state index in [1.165, 1.54) is 5.54 Å². The first-order chi connectivity index (χ1) is 9.72. The van der Waals surface area contributed by atoms with Gasteiger partial charge in [0.05, 0.1) is 17.2 Å². The molecule has 2 aromatic carbocycles. The Morgan fingerprint density at radius 1 is 1.25 bits per heavy atom. The summed E-state index contributed by atoms with van der Waals surface area (Å²) in [6, 6.07) is 11.9. The van der Waals surface area contributed by atoms with E-state index in [4.69, 9.17) is 11.6 Å². The number of hydrogen-bond acceptors (Lipinski definition) is 2. The molecule has 0 spiro atoms. The molecule has 3 rings (SSSR count). The summed E-state index contributed by atoms with van der Waals surface area (Å²) in [4.78, 5) is 17.4. The number of rotatable bonds is 2. The third-order valence-electron chi connectivity index (χ3n) is 3.73. The van der Waals surface area contributed by atoms with Gasteiger partial charge in [0, 0.05) is 11.2 Å². The van der Waals surface area contributed by atoms with Crippen LogP contribution < -0.4 is 0 Å². The first-order valence-electron chi connectivity index (χ1n) is 6.58. The van der Waals surface area contributed by atoms with Crippen molar-refractivity contribution >= 4 is 39.6 Å². The summed E-state index contributed by atoms with van der Waals surface area (Å²) >= 11 is 5.58. The second-order valence-electron chi connectivity index (χ2n) is 4.95. The van der Waals surface area contributed by atoms with Crippen LogP contribution in [0.4, 0.5) is 5.69 Å². The number of allylic oxidation sites excluding steroid dienone is 1. The fourth-order valence-corrected chi connectivity index (χ4v) is 2.81. The van der Waals surface area contributed by atoms with Crippen LogP contribution in [-0.2, 0) is 0 Å². The number of halogens is 1. The van der Waals surface area contributed by atoms with E-state index in [0.29, 0.717) is 6.42 Å². The number of Topliss-reactive ketones (excluding diaryl/α,β-unsaturated/α-hetero) is 1. The van der Waals surface area contributed by atoms with Crippen molar-refractivity contribution in [2.45, 2.75) is 13.3 Å². The van der Waals surface area contributed by atoms with E-state index in [1.54, 1.807) is 6.08 Å². The zero-order valence-electron chi connectivity index (χ0n) is 11.1. The minimum Gasteiger partial charge on any atom is -0.293 e. The smallest absolute Gasteiger partial charge is 0.174 e. The Hall–Kier alpha value is -1.93. The molecular weight excluding hydrogens is 270 g/mol. The molecule has 0 saturated heterocycles. The van der Waals surface area contributed by atoms with E-state index < -0.39 is 0 Å². The number of fused-ring (bicyclic) bond motifs is 3. The summed E-state index contributed by atoms with van der Waals surface area (Å²) < 4.78 is 0. The van der Waals surface area contributed by atoms with Crippen LogP contribution in [0.2, 0.25) is 0 Å². The average Bonchev–Trinajstić information content (AvgIpc) is 2.46. The van der Waals surface area contributed by atoms with E-state index in [-0.39, 0.29) is 11.7 Å². The molecule has 2 nitrogen and oxygen atoms in total. The predicted molar refractivity (Wildman–Crippen MR) is 84.1 cm³/mol. The summed E-state index contributed by atoms with van der Waals surface area (Å²) in [5.74, 6) is -0.0672. The first kappa shape index (κ1) is 13.1. The van der Waals surface area contributed by atoms with Crippen molar-refractivity contribution in [3.63, 3.8) is 0 Å². The van der Waals surface area contributed by atoms with Gasteiger partial charge in [0.25, 0.3) is 0 Å². The van der Waals surface area contributed by atoms with Gasteiger partial charge >= 0.3 is 0 Å². The molecule has 0 amide bonds.